The molecule has 5 heteroatoms. The van der Waals surface area contributed by atoms with Crippen molar-refractivity contribution in [3.8, 4) is 5.75 Å². The number of aliphatic hydroxyl groups excluding tert-OH is 1. The first-order valence-corrected chi connectivity index (χ1v) is 6.54. The second kappa shape index (κ2) is 6.65. The van der Waals surface area contributed by atoms with Crippen molar-refractivity contribution in [2.45, 2.75) is 12.0 Å². The van der Waals surface area contributed by atoms with Gasteiger partial charge >= 0.3 is 0 Å². The van der Waals surface area contributed by atoms with E-state index in [1.165, 1.54) is 7.11 Å². The van der Waals surface area contributed by atoms with Crippen molar-refractivity contribution in [3.63, 3.8) is 0 Å². The molecule has 0 aliphatic carbocycles. The van der Waals surface area contributed by atoms with Crippen LogP contribution in [0.25, 0.3) is 0 Å². The highest BCUT2D eigenvalue weighted by molar-refractivity contribution is 5.39. The summed E-state index contributed by atoms with van der Waals surface area (Å²) in [4.78, 5) is 0. The monoisotopic (exact) mass is 293 g/mol. The van der Waals surface area contributed by atoms with Crippen molar-refractivity contribution in [2.75, 3.05) is 13.7 Å². The number of benzene rings is 2. The van der Waals surface area contributed by atoms with E-state index in [4.69, 9.17) is 10.5 Å². The molecular weight excluding hydrogens is 276 g/mol. The number of ether oxygens (including phenoxy) is 1. The molecule has 112 valence electrons. The van der Waals surface area contributed by atoms with E-state index >= 15 is 0 Å². The lowest BCUT2D eigenvalue weighted by atomic mass is 9.88. The van der Waals surface area contributed by atoms with Crippen LogP contribution in [-0.2, 0) is 0 Å². The van der Waals surface area contributed by atoms with Crippen LogP contribution >= 0.6 is 0 Å². The molecule has 2 rings (SSSR count). The molecule has 0 amide bonds. The number of rotatable bonds is 5. The lowest BCUT2D eigenvalue weighted by Gasteiger charge is -2.24. The normalized spacial score (nSPS) is 13.8. The Kier molecular flexibility index (Phi) is 4.88. The van der Waals surface area contributed by atoms with Gasteiger partial charge in [-0.1, -0.05) is 18.2 Å². The van der Waals surface area contributed by atoms with E-state index in [0.717, 1.165) is 18.2 Å². The summed E-state index contributed by atoms with van der Waals surface area (Å²) in [5.74, 6) is -1.33. The van der Waals surface area contributed by atoms with Crippen LogP contribution in [-0.4, -0.2) is 18.8 Å². The Morgan fingerprint density at radius 1 is 1.14 bits per heavy atom. The standard InChI is InChI=1S/C16H17F2NO2/c1-21-15-5-3-2-4-11(15)13(9-19)16(20)12-8-10(17)6-7-14(12)18/h2-8,13,16,20H,9,19H2,1H3. The maximum Gasteiger partial charge on any atom is 0.129 e. The Hall–Kier alpha value is -1.98. The molecule has 0 saturated heterocycles. The predicted octanol–water partition coefficient (Wildman–Crippen LogP) is 2.75. The van der Waals surface area contributed by atoms with Gasteiger partial charge in [-0.25, -0.2) is 8.78 Å². The third-order valence-electron chi connectivity index (χ3n) is 3.45. The minimum Gasteiger partial charge on any atom is -0.496 e. The van der Waals surface area contributed by atoms with Crippen LogP contribution < -0.4 is 10.5 Å². The number of nitrogens with two attached hydrogens (primary N) is 1. The summed E-state index contributed by atoms with van der Waals surface area (Å²) < 4.78 is 32.3. The van der Waals surface area contributed by atoms with E-state index in [-0.39, 0.29) is 12.1 Å². The van der Waals surface area contributed by atoms with Crippen molar-refractivity contribution in [1.29, 1.82) is 0 Å². The van der Waals surface area contributed by atoms with Crippen LogP contribution in [0.4, 0.5) is 8.78 Å². The fourth-order valence-electron chi connectivity index (χ4n) is 2.36. The zero-order chi connectivity index (χ0) is 15.4. The molecule has 2 aromatic carbocycles. The molecule has 2 unspecified atom stereocenters. The zero-order valence-corrected chi connectivity index (χ0v) is 11.6. The van der Waals surface area contributed by atoms with Gasteiger partial charge in [0.15, 0.2) is 0 Å². The van der Waals surface area contributed by atoms with Crippen molar-refractivity contribution in [1.82, 2.24) is 0 Å². The van der Waals surface area contributed by atoms with Gasteiger partial charge in [0, 0.05) is 23.6 Å². The van der Waals surface area contributed by atoms with Crippen LogP contribution in [0.3, 0.4) is 0 Å². The van der Waals surface area contributed by atoms with Gasteiger partial charge in [-0.2, -0.15) is 0 Å². The average molecular weight is 293 g/mol. The van der Waals surface area contributed by atoms with E-state index in [1.807, 2.05) is 0 Å². The number of hydrogen-bond donors (Lipinski definition) is 2. The average Bonchev–Trinajstić information content (AvgIpc) is 2.50. The Morgan fingerprint density at radius 2 is 1.86 bits per heavy atom. The van der Waals surface area contributed by atoms with Crippen molar-refractivity contribution >= 4 is 0 Å². The maximum atomic E-state index is 13.8. The fourth-order valence-corrected chi connectivity index (χ4v) is 2.36. The van der Waals surface area contributed by atoms with E-state index in [2.05, 4.69) is 0 Å². The summed E-state index contributed by atoms with van der Waals surface area (Å²) >= 11 is 0. The molecule has 0 heterocycles. The lowest BCUT2D eigenvalue weighted by molar-refractivity contribution is 0.141. The second-order valence-corrected chi connectivity index (χ2v) is 4.69. The van der Waals surface area contributed by atoms with Crippen LogP contribution in [0.1, 0.15) is 23.1 Å². The van der Waals surface area contributed by atoms with E-state index in [1.54, 1.807) is 24.3 Å². The van der Waals surface area contributed by atoms with Crippen LogP contribution in [0.15, 0.2) is 42.5 Å². The summed E-state index contributed by atoms with van der Waals surface area (Å²) in [6.45, 7) is 0.0670. The molecule has 0 aliphatic heterocycles. The van der Waals surface area contributed by atoms with Gasteiger partial charge in [0.1, 0.15) is 17.4 Å². The quantitative estimate of drug-likeness (QED) is 0.891. The highest BCUT2D eigenvalue weighted by Gasteiger charge is 2.26. The second-order valence-electron chi connectivity index (χ2n) is 4.69. The third kappa shape index (κ3) is 3.20. The minimum atomic E-state index is -1.26. The summed E-state index contributed by atoms with van der Waals surface area (Å²) in [7, 11) is 1.50. The predicted molar refractivity (Wildman–Crippen MR) is 76.1 cm³/mol. The van der Waals surface area contributed by atoms with Gasteiger partial charge in [0.2, 0.25) is 0 Å². The van der Waals surface area contributed by atoms with E-state index < -0.39 is 23.7 Å². The minimum absolute atomic E-state index is 0.0670. The van der Waals surface area contributed by atoms with Crippen LogP contribution in [0.2, 0.25) is 0 Å². The van der Waals surface area contributed by atoms with Gasteiger partial charge in [-0.05, 0) is 24.3 Å². The Bertz CT molecular complexity index is 619. The topological polar surface area (TPSA) is 55.5 Å². The Labute approximate surface area is 122 Å². The molecule has 0 bridgehead atoms. The molecule has 0 spiro atoms. The highest BCUT2D eigenvalue weighted by atomic mass is 19.1. The van der Waals surface area contributed by atoms with Crippen LogP contribution in [0.5, 0.6) is 5.75 Å². The molecule has 3 nitrogen and oxygen atoms in total. The number of hydrogen-bond acceptors (Lipinski definition) is 3. The third-order valence-corrected chi connectivity index (χ3v) is 3.45. The molecular formula is C16H17F2NO2. The fraction of sp³-hybridized carbons (Fsp3) is 0.250. The first-order valence-electron chi connectivity index (χ1n) is 6.54. The van der Waals surface area contributed by atoms with Gasteiger partial charge in [-0.15, -0.1) is 0 Å². The maximum absolute atomic E-state index is 13.8. The Morgan fingerprint density at radius 3 is 2.52 bits per heavy atom. The van der Waals surface area contributed by atoms with Crippen LogP contribution in [0, 0.1) is 11.6 Å². The summed E-state index contributed by atoms with van der Waals surface area (Å²) in [6, 6.07) is 10.0. The smallest absolute Gasteiger partial charge is 0.129 e. The van der Waals surface area contributed by atoms with E-state index in [9.17, 15) is 13.9 Å². The molecule has 2 aromatic rings. The molecule has 3 N–H and O–H groups in total. The largest absolute Gasteiger partial charge is 0.496 e. The molecule has 21 heavy (non-hydrogen) atoms. The van der Waals surface area contributed by atoms with Gasteiger partial charge in [0.05, 0.1) is 13.2 Å². The van der Waals surface area contributed by atoms with Crippen molar-refractivity contribution in [3.05, 3.63) is 65.2 Å². The molecule has 0 radical (unpaired) electrons. The molecule has 2 atom stereocenters. The van der Waals surface area contributed by atoms with Gasteiger partial charge in [-0.3, -0.25) is 0 Å². The molecule has 0 aromatic heterocycles. The highest BCUT2D eigenvalue weighted by Crippen LogP contribution is 2.36. The first-order chi connectivity index (χ1) is 10.1. The van der Waals surface area contributed by atoms with Gasteiger partial charge in [0.25, 0.3) is 0 Å². The molecule has 0 fully saturated rings. The zero-order valence-electron chi connectivity index (χ0n) is 11.6. The van der Waals surface area contributed by atoms with Crippen molar-refractivity contribution < 1.29 is 18.6 Å². The van der Waals surface area contributed by atoms with Crippen molar-refractivity contribution in [2.24, 2.45) is 5.73 Å². The summed E-state index contributed by atoms with van der Waals surface area (Å²) in [5.41, 5.74) is 6.26. The number of methoxy groups -OCH3 is 1. The number of halogens is 2. The Balaban J connectivity index is 2.43. The molecule has 0 saturated carbocycles. The number of aliphatic hydroxyl groups is 1. The molecule has 0 aliphatic rings. The number of para-hydroxylation sites is 1. The van der Waals surface area contributed by atoms with Gasteiger partial charge < -0.3 is 15.6 Å². The first kappa shape index (κ1) is 15.4. The lowest BCUT2D eigenvalue weighted by Crippen LogP contribution is -2.21. The van der Waals surface area contributed by atoms with E-state index in [0.29, 0.717) is 11.3 Å². The summed E-state index contributed by atoms with van der Waals surface area (Å²) in [6.07, 6.45) is -1.26. The summed E-state index contributed by atoms with van der Waals surface area (Å²) in [5, 5.41) is 10.4. The SMILES string of the molecule is COc1ccccc1C(CN)C(O)c1cc(F)ccc1F.